The van der Waals surface area contributed by atoms with Crippen molar-refractivity contribution in [2.24, 2.45) is 0 Å². The van der Waals surface area contributed by atoms with Crippen LogP contribution < -0.4 is 4.74 Å². The van der Waals surface area contributed by atoms with Gasteiger partial charge in [0.15, 0.2) is 0 Å². The van der Waals surface area contributed by atoms with Gasteiger partial charge in [-0.2, -0.15) is 4.31 Å². The number of nitrogens with zero attached hydrogens (tertiary/aromatic N) is 2. The van der Waals surface area contributed by atoms with E-state index in [0.717, 1.165) is 36.5 Å². The highest BCUT2D eigenvalue weighted by atomic mass is 32.2. The molecule has 0 atom stereocenters. The summed E-state index contributed by atoms with van der Waals surface area (Å²) in [5, 5.41) is 11.5. The van der Waals surface area contributed by atoms with E-state index in [0.29, 0.717) is 18.8 Å². The lowest BCUT2D eigenvalue weighted by Gasteiger charge is -2.25. The van der Waals surface area contributed by atoms with Crippen molar-refractivity contribution in [3.05, 3.63) is 57.6 Å². The van der Waals surface area contributed by atoms with Crippen LogP contribution in [0.5, 0.6) is 11.5 Å². The molecule has 0 aliphatic carbocycles. The summed E-state index contributed by atoms with van der Waals surface area (Å²) in [4.78, 5) is 10.8. The van der Waals surface area contributed by atoms with E-state index >= 15 is 0 Å². The molecule has 27 heavy (non-hydrogen) atoms. The molecule has 0 N–H and O–H groups in total. The van der Waals surface area contributed by atoms with Crippen molar-refractivity contribution in [3.8, 4) is 11.5 Å². The minimum absolute atomic E-state index is 0.0163. The Morgan fingerprint density at radius 2 is 1.63 bits per heavy atom. The lowest BCUT2D eigenvalue weighted by Crippen LogP contribution is -2.35. The second kappa shape index (κ2) is 7.66. The van der Waals surface area contributed by atoms with Gasteiger partial charge in [0.1, 0.15) is 5.75 Å². The SMILES string of the molecule is Cc1cc(C)cc(Oc2ccc(S(=O)(=O)N3CCCCC3)cc2[N+](=O)[O-])c1. The first-order valence-electron chi connectivity index (χ1n) is 8.82. The third-order valence-electron chi connectivity index (χ3n) is 4.50. The number of nitro groups is 1. The van der Waals surface area contributed by atoms with E-state index in [1.807, 2.05) is 19.9 Å². The molecule has 0 amide bonds. The lowest BCUT2D eigenvalue weighted by molar-refractivity contribution is -0.385. The van der Waals surface area contributed by atoms with Gasteiger partial charge in [0.05, 0.1) is 9.82 Å². The number of hydrogen-bond donors (Lipinski definition) is 0. The number of hydrogen-bond acceptors (Lipinski definition) is 5. The van der Waals surface area contributed by atoms with Crippen LogP contribution in [0.25, 0.3) is 0 Å². The van der Waals surface area contributed by atoms with Gasteiger partial charge >= 0.3 is 5.69 Å². The van der Waals surface area contributed by atoms with Gasteiger partial charge in [-0.3, -0.25) is 10.1 Å². The molecule has 7 nitrogen and oxygen atoms in total. The van der Waals surface area contributed by atoms with Crippen LogP contribution in [0.2, 0.25) is 0 Å². The van der Waals surface area contributed by atoms with Crippen LogP contribution in [0.4, 0.5) is 5.69 Å². The van der Waals surface area contributed by atoms with E-state index < -0.39 is 14.9 Å². The molecule has 1 heterocycles. The van der Waals surface area contributed by atoms with Crippen LogP contribution in [0.1, 0.15) is 30.4 Å². The number of rotatable bonds is 5. The molecule has 144 valence electrons. The van der Waals surface area contributed by atoms with Gasteiger partial charge in [-0.15, -0.1) is 0 Å². The van der Waals surface area contributed by atoms with Crippen molar-refractivity contribution in [1.82, 2.24) is 4.31 Å². The summed E-state index contributed by atoms with van der Waals surface area (Å²) in [5.74, 6) is 0.491. The zero-order valence-electron chi connectivity index (χ0n) is 15.3. The van der Waals surface area contributed by atoms with E-state index in [4.69, 9.17) is 4.74 Å². The highest BCUT2D eigenvalue weighted by Gasteiger charge is 2.29. The fourth-order valence-corrected chi connectivity index (χ4v) is 4.80. The summed E-state index contributed by atoms with van der Waals surface area (Å²) in [5.41, 5.74) is 1.57. The van der Waals surface area contributed by atoms with Crippen molar-refractivity contribution in [1.29, 1.82) is 0 Å². The van der Waals surface area contributed by atoms with Gasteiger partial charge in [-0.25, -0.2) is 8.42 Å². The van der Waals surface area contributed by atoms with Crippen molar-refractivity contribution in [2.75, 3.05) is 13.1 Å². The van der Waals surface area contributed by atoms with Crippen LogP contribution >= 0.6 is 0 Å². The van der Waals surface area contributed by atoms with E-state index in [9.17, 15) is 18.5 Å². The molecule has 0 saturated carbocycles. The molecule has 0 radical (unpaired) electrons. The Morgan fingerprint density at radius 3 is 2.22 bits per heavy atom. The first-order chi connectivity index (χ1) is 12.8. The van der Waals surface area contributed by atoms with Gasteiger partial charge in [0.2, 0.25) is 15.8 Å². The number of nitro benzene ring substituents is 1. The zero-order valence-corrected chi connectivity index (χ0v) is 16.2. The maximum absolute atomic E-state index is 12.8. The number of ether oxygens (including phenoxy) is 1. The molecule has 0 bridgehead atoms. The Morgan fingerprint density at radius 1 is 1.00 bits per heavy atom. The average molecular weight is 390 g/mol. The predicted molar refractivity (Wildman–Crippen MR) is 102 cm³/mol. The fourth-order valence-electron chi connectivity index (χ4n) is 3.26. The number of benzene rings is 2. The van der Waals surface area contributed by atoms with Crippen LogP contribution in [0.3, 0.4) is 0 Å². The third-order valence-corrected chi connectivity index (χ3v) is 6.40. The molecule has 8 heteroatoms. The molecular weight excluding hydrogens is 368 g/mol. The Hall–Kier alpha value is -2.45. The Bertz CT molecular complexity index is 946. The maximum atomic E-state index is 12.8. The fraction of sp³-hybridized carbons (Fsp3) is 0.368. The molecule has 2 aromatic carbocycles. The second-order valence-corrected chi connectivity index (χ2v) is 8.71. The topological polar surface area (TPSA) is 89.8 Å². The number of piperidine rings is 1. The monoisotopic (exact) mass is 390 g/mol. The van der Waals surface area contributed by atoms with Gasteiger partial charge in [-0.1, -0.05) is 12.5 Å². The highest BCUT2D eigenvalue weighted by molar-refractivity contribution is 7.89. The molecule has 3 rings (SSSR count). The van der Waals surface area contributed by atoms with Crippen LogP contribution in [0, 0.1) is 24.0 Å². The minimum atomic E-state index is -3.75. The third kappa shape index (κ3) is 4.28. The van der Waals surface area contributed by atoms with Crippen LogP contribution in [-0.2, 0) is 10.0 Å². The van der Waals surface area contributed by atoms with Gasteiger partial charge in [-0.05, 0) is 62.1 Å². The molecule has 1 saturated heterocycles. The van der Waals surface area contributed by atoms with Crippen LogP contribution in [0.15, 0.2) is 41.3 Å². The van der Waals surface area contributed by atoms with Crippen molar-refractivity contribution < 1.29 is 18.1 Å². The lowest BCUT2D eigenvalue weighted by atomic mass is 10.1. The summed E-state index contributed by atoms with van der Waals surface area (Å²) in [7, 11) is -3.75. The van der Waals surface area contributed by atoms with Gasteiger partial charge in [0.25, 0.3) is 0 Å². The van der Waals surface area contributed by atoms with Crippen molar-refractivity contribution in [2.45, 2.75) is 38.0 Å². The predicted octanol–water partition coefficient (Wildman–Crippen LogP) is 4.18. The first-order valence-corrected chi connectivity index (χ1v) is 10.3. The first kappa shape index (κ1) is 19.3. The van der Waals surface area contributed by atoms with Crippen LogP contribution in [-0.4, -0.2) is 30.7 Å². The number of sulfonamides is 1. The maximum Gasteiger partial charge on any atom is 0.312 e. The van der Waals surface area contributed by atoms with E-state index in [1.54, 1.807) is 12.1 Å². The smallest absolute Gasteiger partial charge is 0.312 e. The quantitative estimate of drug-likeness (QED) is 0.564. The highest BCUT2D eigenvalue weighted by Crippen LogP contribution is 2.35. The summed E-state index contributed by atoms with van der Waals surface area (Å²) in [6.07, 6.45) is 2.60. The Kier molecular flexibility index (Phi) is 5.48. The second-order valence-electron chi connectivity index (χ2n) is 6.78. The standard InChI is InChI=1S/C19H22N2O5S/c1-14-10-15(2)12-16(11-14)26-19-7-6-17(13-18(19)21(22)23)27(24,25)20-8-4-3-5-9-20/h6-7,10-13H,3-5,8-9H2,1-2H3. The van der Waals surface area contributed by atoms with E-state index in [2.05, 4.69) is 0 Å². The molecule has 0 aromatic heterocycles. The molecule has 0 spiro atoms. The average Bonchev–Trinajstić information content (AvgIpc) is 2.61. The van der Waals surface area contributed by atoms with E-state index in [1.165, 1.54) is 16.4 Å². The summed E-state index contributed by atoms with van der Waals surface area (Å²) >= 11 is 0. The molecule has 0 unspecified atom stereocenters. The zero-order chi connectivity index (χ0) is 19.6. The summed E-state index contributed by atoms with van der Waals surface area (Å²) < 4.78 is 32.7. The normalized spacial score (nSPS) is 15.5. The molecular formula is C19H22N2O5S. The van der Waals surface area contributed by atoms with Crippen molar-refractivity contribution >= 4 is 15.7 Å². The molecule has 1 fully saturated rings. The molecule has 1 aliphatic rings. The van der Waals surface area contributed by atoms with Gasteiger partial charge in [0, 0.05) is 19.2 Å². The van der Waals surface area contributed by atoms with Crippen molar-refractivity contribution in [3.63, 3.8) is 0 Å². The molecule has 2 aromatic rings. The Balaban J connectivity index is 1.96. The minimum Gasteiger partial charge on any atom is -0.450 e. The van der Waals surface area contributed by atoms with E-state index in [-0.39, 0.29) is 16.3 Å². The largest absolute Gasteiger partial charge is 0.450 e. The number of aryl methyl sites for hydroxylation is 2. The Labute approximate surface area is 158 Å². The summed E-state index contributed by atoms with van der Waals surface area (Å²) in [6, 6.07) is 9.32. The summed E-state index contributed by atoms with van der Waals surface area (Å²) in [6.45, 7) is 4.69. The molecule has 1 aliphatic heterocycles. The van der Waals surface area contributed by atoms with Gasteiger partial charge < -0.3 is 4.74 Å².